The Labute approximate surface area is 117 Å². The normalized spacial score (nSPS) is 10.1. The Kier molecular flexibility index (Phi) is 4.57. The lowest BCUT2D eigenvalue weighted by molar-refractivity contribution is 0.120. The average molecular weight is 271 g/mol. The number of hydrogen-bond acceptors (Lipinski definition) is 4. The van der Waals surface area contributed by atoms with Crippen LogP contribution in [-0.4, -0.2) is 12.6 Å². The van der Waals surface area contributed by atoms with E-state index in [2.05, 4.69) is 0 Å². The molecule has 2 aromatic carbocycles. The Balaban J connectivity index is 1.84. The minimum absolute atomic E-state index is 0.0350. The van der Waals surface area contributed by atoms with Gasteiger partial charge in [-0.25, -0.2) is 0 Å². The van der Waals surface area contributed by atoms with Crippen molar-refractivity contribution in [1.82, 2.24) is 0 Å². The van der Waals surface area contributed by atoms with Gasteiger partial charge in [-0.05, 0) is 42.0 Å². The summed E-state index contributed by atoms with van der Waals surface area (Å²) in [6.07, 6.45) is 0. The molecule has 5 heteroatoms. The summed E-state index contributed by atoms with van der Waals surface area (Å²) in [6, 6.07) is 14.5. The molecule has 0 aliphatic rings. The van der Waals surface area contributed by atoms with E-state index in [0.29, 0.717) is 17.9 Å². The average Bonchev–Trinajstić information content (AvgIpc) is 2.48. The number of hydrogen-bond donors (Lipinski definition) is 3. The lowest BCUT2D eigenvalue weighted by Gasteiger charge is -2.09. The van der Waals surface area contributed by atoms with E-state index in [1.165, 1.54) is 0 Å². The molecule has 0 bridgehead atoms. The number of nitrogens with two attached hydrogens (primary N) is 2. The first-order valence-electron chi connectivity index (χ1n) is 6.18. The second-order valence-corrected chi connectivity index (χ2v) is 4.19. The fourth-order valence-electron chi connectivity index (χ4n) is 1.62. The monoisotopic (exact) mass is 271 g/mol. The Hall–Kier alpha value is -2.53. The van der Waals surface area contributed by atoms with Crippen molar-refractivity contribution >= 4 is 5.84 Å². The number of nitrogen functional groups attached to an aromatic ring is 1. The number of nitrogens with one attached hydrogen (secondary N) is 1. The topological polar surface area (TPSA) is 94.4 Å². The molecule has 0 saturated heterocycles. The molecule has 0 aromatic heterocycles. The van der Waals surface area contributed by atoms with Gasteiger partial charge in [0.15, 0.2) is 0 Å². The van der Waals surface area contributed by atoms with E-state index >= 15 is 0 Å². The second-order valence-electron chi connectivity index (χ2n) is 4.19. The van der Waals surface area contributed by atoms with Crippen LogP contribution < -0.4 is 20.9 Å². The van der Waals surface area contributed by atoms with Gasteiger partial charge >= 0.3 is 0 Å². The van der Waals surface area contributed by atoms with E-state index in [1.54, 1.807) is 24.3 Å². The van der Waals surface area contributed by atoms with Crippen LogP contribution in [0.1, 0.15) is 11.1 Å². The molecule has 5 N–H and O–H groups in total. The SMILES string of the molecule is N=C(N)c1ccc(OCOc2ccc(CN)cc2)cc1. The second kappa shape index (κ2) is 6.58. The van der Waals surface area contributed by atoms with E-state index in [1.807, 2.05) is 24.3 Å². The molecule has 0 unspecified atom stereocenters. The third kappa shape index (κ3) is 3.73. The van der Waals surface area contributed by atoms with Crippen LogP contribution in [0.25, 0.3) is 0 Å². The van der Waals surface area contributed by atoms with Crippen molar-refractivity contribution in [3.05, 3.63) is 59.7 Å². The summed E-state index contributed by atoms with van der Waals surface area (Å²) >= 11 is 0. The largest absolute Gasteiger partial charge is 0.458 e. The summed E-state index contributed by atoms with van der Waals surface area (Å²) in [6.45, 7) is 0.626. The molecule has 104 valence electrons. The van der Waals surface area contributed by atoms with E-state index in [4.69, 9.17) is 26.4 Å². The van der Waals surface area contributed by atoms with Crippen LogP contribution in [0.2, 0.25) is 0 Å². The molecule has 0 fully saturated rings. The highest BCUT2D eigenvalue weighted by Crippen LogP contribution is 2.14. The maximum absolute atomic E-state index is 7.29. The zero-order valence-corrected chi connectivity index (χ0v) is 11.0. The van der Waals surface area contributed by atoms with Crippen LogP contribution >= 0.6 is 0 Å². The minimum Gasteiger partial charge on any atom is -0.458 e. The van der Waals surface area contributed by atoms with Crippen molar-refractivity contribution in [3.8, 4) is 11.5 Å². The Morgan fingerprint density at radius 3 is 1.85 bits per heavy atom. The Morgan fingerprint density at radius 2 is 1.40 bits per heavy atom. The van der Waals surface area contributed by atoms with Crippen molar-refractivity contribution in [2.75, 3.05) is 6.79 Å². The maximum atomic E-state index is 7.29. The van der Waals surface area contributed by atoms with Gasteiger partial charge in [-0.3, -0.25) is 5.41 Å². The summed E-state index contributed by atoms with van der Waals surface area (Å²) in [7, 11) is 0. The molecule has 2 rings (SSSR count). The molecule has 0 heterocycles. The van der Waals surface area contributed by atoms with Crippen LogP contribution in [0.15, 0.2) is 48.5 Å². The number of rotatable bonds is 6. The van der Waals surface area contributed by atoms with Gasteiger partial charge in [-0.1, -0.05) is 12.1 Å². The smallest absolute Gasteiger partial charge is 0.230 e. The van der Waals surface area contributed by atoms with Crippen LogP contribution in [0, 0.1) is 5.41 Å². The van der Waals surface area contributed by atoms with E-state index < -0.39 is 0 Å². The first-order valence-corrected chi connectivity index (χ1v) is 6.18. The highest BCUT2D eigenvalue weighted by Gasteiger charge is 1.99. The zero-order chi connectivity index (χ0) is 14.4. The molecule has 0 aliphatic heterocycles. The summed E-state index contributed by atoms with van der Waals surface area (Å²) in [4.78, 5) is 0. The van der Waals surface area contributed by atoms with Gasteiger partial charge in [0.2, 0.25) is 6.79 Å². The van der Waals surface area contributed by atoms with Crippen LogP contribution in [0.5, 0.6) is 11.5 Å². The molecule has 0 aliphatic carbocycles. The highest BCUT2D eigenvalue weighted by atomic mass is 16.7. The quantitative estimate of drug-likeness (QED) is 0.424. The minimum atomic E-state index is 0.0350. The van der Waals surface area contributed by atoms with E-state index in [-0.39, 0.29) is 12.6 Å². The van der Waals surface area contributed by atoms with Crippen LogP contribution in [0.4, 0.5) is 0 Å². The zero-order valence-electron chi connectivity index (χ0n) is 11.0. The molecule has 0 saturated carbocycles. The lowest BCUT2D eigenvalue weighted by Crippen LogP contribution is -2.11. The van der Waals surface area contributed by atoms with Crippen LogP contribution in [-0.2, 0) is 6.54 Å². The third-order valence-electron chi connectivity index (χ3n) is 2.78. The number of benzene rings is 2. The summed E-state index contributed by atoms with van der Waals surface area (Å²) in [5, 5.41) is 7.29. The Morgan fingerprint density at radius 1 is 0.900 bits per heavy atom. The lowest BCUT2D eigenvalue weighted by atomic mass is 10.2. The molecule has 2 aromatic rings. The van der Waals surface area contributed by atoms with E-state index in [0.717, 1.165) is 11.3 Å². The summed E-state index contributed by atoms with van der Waals surface area (Å²) in [5.41, 5.74) is 12.6. The molecule has 0 atom stereocenters. The predicted molar refractivity (Wildman–Crippen MR) is 77.9 cm³/mol. The first-order chi connectivity index (χ1) is 9.69. The fourth-order valence-corrected chi connectivity index (χ4v) is 1.62. The maximum Gasteiger partial charge on any atom is 0.230 e. The van der Waals surface area contributed by atoms with Gasteiger partial charge in [0.05, 0.1) is 0 Å². The summed E-state index contributed by atoms with van der Waals surface area (Å²) in [5.74, 6) is 1.42. The first kappa shape index (κ1) is 13.9. The molecule has 5 nitrogen and oxygen atoms in total. The van der Waals surface area contributed by atoms with Crippen LogP contribution in [0.3, 0.4) is 0 Å². The number of amidine groups is 1. The Bertz CT molecular complexity index is 565. The van der Waals surface area contributed by atoms with Crippen molar-refractivity contribution in [2.24, 2.45) is 11.5 Å². The van der Waals surface area contributed by atoms with E-state index in [9.17, 15) is 0 Å². The van der Waals surface area contributed by atoms with Crippen molar-refractivity contribution in [3.63, 3.8) is 0 Å². The predicted octanol–water partition coefficient (Wildman–Crippen LogP) is 1.84. The highest BCUT2D eigenvalue weighted by molar-refractivity contribution is 5.94. The molecule has 0 amide bonds. The fraction of sp³-hybridized carbons (Fsp3) is 0.133. The third-order valence-corrected chi connectivity index (χ3v) is 2.78. The molecule has 0 spiro atoms. The van der Waals surface area contributed by atoms with Gasteiger partial charge in [-0.2, -0.15) is 0 Å². The number of ether oxygens (including phenoxy) is 2. The van der Waals surface area contributed by atoms with Crippen molar-refractivity contribution in [2.45, 2.75) is 6.54 Å². The summed E-state index contributed by atoms with van der Waals surface area (Å²) < 4.78 is 10.9. The molecular weight excluding hydrogens is 254 g/mol. The van der Waals surface area contributed by atoms with Gasteiger partial charge in [0.1, 0.15) is 17.3 Å². The standard InChI is InChI=1S/C15H17N3O2/c16-9-11-1-5-13(6-2-11)19-10-20-14-7-3-12(4-8-14)15(17)18/h1-8H,9-10,16H2,(H3,17,18). The van der Waals surface area contributed by atoms with Crippen molar-refractivity contribution < 1.29 is 9.47 Å². The van der Waals surface area contributed by atoms with Gasteiger partial charge < -0.3 is 20.9 Å². The van der Waals surface area contributed by atoms with Gasteiger partial charge in [0, 0.05) is 12.1 Å². The van der Waals surface area contributed by atoms with Gasteiger partial charge in [0.25, 0.3) is 0 Å². The van der Waals surface area contributed by atoms with Crippen molar-refractivity contribution in [1.29, 1.82) is 5.41 Å². The molecule has 0 radical (unpaired) electrons. The molecule has 20 heavy (non-hydrogen) atoms. The molecular formula is C15H17N3O2. The van der Waals surface area contributed by atoms with Gasteiger partial charge in [-0.15, -0.1) is 0 Å².